The summed E-state index contributed by atoms with van der Waals surface area (Å²) >= 11 is 1.65. The lowest BCUT2D eigenvalue weighted by molar-refractivity contribution is -0.137. The molecule has 148 valence electrons. The summed E-state index contributed by atoms with van der Waals surface area (Å²) in [6, 6.07) is 6.95. The van der Waals surface area contributed by atoms with E-state index in [4.69, 9.17) is 0 Å². The van der Waals surface area contributed by atoms with Gasteiger partial charge in [0.1, 0.15) is 0 Å². The number of likely N-dealkylation sites (tertiary alicyclic amines) is 1. The first-order chi connectivity index (χ1) is 12.6. The van der Waals surface area contributed by atoms with Crippen LogP contribution in [0.3, 0.4) is 0 Å². The van der Waals surface area contributed by atoms with E-state index < -0.39 is 23.4 Å². The summed E-state index contributed by atoms with van der Waals surface area (Å²) in [7, 11) is 0. The van der Waals surface area contributed by atoms with E-state index in [9.17, 15) is 23.4 Å². The van der Waals surface area contributed by atoms with E-state index in [0.29, 0.717) is 38.0 Å². The van der Waals surface area contributed by atoms with E-state index in [-0.39, 0.29) is 0 Å². The molecule has 1 atom stereocenters. The molecule has 1 aromatic heterocycles. The van der Waals surface area contributed by atoms with Gasteiger partial charge in [0.05, 0.1) is 17.3 Å². The molecular formula is C20H24F3NO2S. The van der Waals surface area contributed by atoms with Crippen LogP contribution in [0.1, 0.15) is 45.4 Å². The standard InChI is InChI=1S/C20H24F3NO2S/c1-13-10-17(14(2)27-13)18(25)12-24-8-6-19(26,7-9-24)15-4-3-5-16(11-15)20(21,22)23/h3-5,10-11,18,25-26H,6-9,12H2,1-2H3. The van der Waals surface area contributed by atoms with Crippen molar-refractivity contribution in [2.75, 3.05) is 19.6 Å². The molecule has 0 amide bonds. The zero-order valence-electron chi connectivity index (χ0n) is 15.4. The number of aliphatic hydroxyl groups is 2. The molecule has 1 unspecified atom stereocenters. The predicted molar refractivity (Wildman–Crippen MR) is 99.8 cm³/mol. The van der Waals surface area contributed by atoms with Crippen molar-refractivity contribution in [3.8, 4) is 0 Å². The lowest BCUT2D eigenvalue weighted by Gasteiger charge is -2.39. The largest absolute Gasteiger partial charge is 0.416 e. The summed E-state index contributed by atoms with van der Waals surface area (Å²) in [5.74, 6) is 0. The van der Waals surface area contributed by atoms with Crippen molar-refractivity contribution in [1.82, 2.24) is 4.90 Å². The molecule has 0 aliphatic carbocycles. The molecule has 1 aromatic carbocycles. The van der Waals surface area contributed by atoms with Crippen molar-refractivity contribution < 1.29 is 23.4 Å². The molecule has 0 bridgehead atoms. The summed E-state index contributed by atoms with van der Waals surface area (Å²) in [5, 5.41) is 21.4. The van der Waals surface area contributed by atoms with Gasteiger partial charge in [-0.25, -0.2) is 0 Å². The van der Waals surface area contributed by atoms with Crippen LogP contribution in [-0.2, 0) is 11.8 Å². The molecule has 3 nitrogen and oxygen atoms in total. The van der Waals surface area contributed by atoms with Crippen LogP contribution in [0.4, 0.5) is 13.2 Å². The van der Waals surface area contributed by atoms with Gasteiger partial charge in [-0.15, -0.1) is 11.3 Å². The van der Waals surface area contributed by atoms with Gasteiger partial charge >= 0.3 is 6.18 Å². The first kappa shape index (κ1) is 20.3. The second-order valence-electron chi connectivity index (χ2n) is 7.30. The number of benzene rings is 1. The summed E-state index contributed by atoms with van der Waals surface area (Å²) in [6.45, 7) is 5.48. The van der Waals surface area contributed by atoms with Gasteiger partial charge in [-0.05, 0) is 56.0 Å². The van der Waals surface area contributed by atoms with Crippen LogP contribution < -0.4 is 0 Å². The van der Waals surface area contributed by atoms with Crippen molar-refractivity contribution in [2.45, 2.75) is 44.6 Å². The Morgan fingerprint density at radius 2 is 1.85 bits per heavy atom. The van der Waals surface area contributed by atoms with Gasteiger partial charge in [0, 0.05) is 29.4 Å². The first-order valence-corrected chi connectivity index (χ1v) is 9.77. The Hall–Kier alpha value is -1.41. The molecule has 1 saturated heterocycles. The van der Waals surface area contributed by atoms with Crippen LogP contribution in [0.5, 0.6) is 0 Å². The van der Waals surface area contributed by atoms with Crippen LogP contribution in [0.15, 0.2) is 30.3 Å². The second kappa shape index (κ2) is 7.54. The summed E-state index contributed by atoms with van der Waals surface area (Å²) in [5.41, 5.74) is -0.773. The quantitative estimate of drug-likeness (QED) is 0.801. The molecule has 27 heavy (non-hydrogen) atoms. The SMILES string of the molecule is Cc1cc(C(O)CN2CCC(O)(c3cccc(C(F)(F)F)c3)CC2)c(C)s1. The van der Waals surface area contributed by atoms with Crippen molar-refractivity contribution in [3.05, 3.63) is 56.8 Å². The smallest absolute Gasteiger partial charge is 0.387 e. The number of β-amino-alcohol motifs (C(OH)–C–C–N with tert-alkyl or cyclic N) is 1. The fourth-order valence-corrected chi connectivity index (χ4v) is 4.69. The highest BCUT2D eigenvalue weighted by molar-refractivity contribution is 7.12. The van der Waals surface area contributed by atoms with E-state index in [1.807, 2.05) is 19.9 Å². The highest BCUT2D eigenvalue weighted by Gasteiger charge is 2.37. The molecule has 7 heteroatoms. The van der Waals surface area contributed by atoms with Gasteiger partial charge in [0.15, 0.2) is 0 Å². The Bertz CT molecular complexity index is 795. The minimum atomic E-state index is -4.42. The minimum absolute atomic E-state index is 0.307. The fraction of sp³-hybridized carbons (Fsp3) is 0.500. The zero-order valence-corrected chi connectivity index (χ0v) is 16.2. The molecule has 0 radical (unpaired) electrons. The van der Waals surface area contributed by atoms with Gasteiger partial charge < -0.3 is 15.1 Å². The maximum absolute atomic E-state index is 12.9. The summed E-state index contributed by atoms with van der Waals surface area (Å²) < 4.78 is 38.8. The lowest BCUT2D eigenvalue weighted by Crippen LogP contribution is -2.44. The molecule has 2 N–H and O–H groups in total. The number of aryl methyl sites for hydroxylation is 2. The van der Waals surface area contributed by atoms with Crippen LogP contribution in [0.25, 0.3) is 0 Å². The molecule has 0 spiro atoms. The average Bonchev–Trinajstić information content (AvgIpc) is 2.95. The van der Waals surface area contributed by atoms with Gasteiger partial charge in [0.2, 0.25) is 0 Å². The van der Waals surface area contributed by atoms with Gasteiger partial charge in [-0.1, -0.05) is 12.1 Å². The molecule has 3 rings (SSSR count). The molecule has 1 aliphatic heterocycles. The Kier molecular flexibility index (Phi) is 5.68. The maximum Gasteiger partial charge on any atom is 0.416 e. The maximum atomic E-state index is 12.9. The van der Waals surface area contributed by atoms with E-state index >= 15 is 0 Å². The monoisotopic (exact) mass is 399 g/mol. The highest BCUT2D eigenvalue weighted by Crippen LogP contribution is 2.37. The van der Waals surface area contributed by atoms with Gasteiger partial charge in [0.25, 0.3) is 0 Å². The van der Waals surface area contributed by atoms with Crippen molar-refractivity contribution >= 4 is 11.3 Å². The van der Waals surface area contributed by atoms with Gasteiger partial charge in [-0.3, -0.25) is 0 Å². The Balaban J connectivity index is 1.65. The number of hydrogen-bond donors (Lipinski definition) is 2. The average molecular weight is 399 g/mol. The number of halogens is 3. The van der Waals surface area contributed by atoms with Gasteiger partial charge in [-0.2, -0.15) is 13.2 Å². The summed E-state index contributed by atoms with van der Waals surface area (Å²) in [4.78, 5) is 4.30. The zero-order chi connectivity index (χ0) is 19.8. The van der Waals surface area contributed by atoms with Crippen LogP contribution >= 0.6 is 11.3 Å². The normalized spacial score (nSPS) is 19.2. The van der Waals surface area contributed by atoms with Crippen molar-refractivity contribution in [2.24, 2.45) is 0 Å². The van der Waals surface area contributed by atoms with E-state index in [0.717, 1.165) is 27.5 Å². The van der Waals surface area contributed by atoms with Crippen LogP contribution in [-0.4, -0.2) is 34.7 Å². The van der Waals surface area contributed by atoms with Crippen LogP contribution in [0.2, 0.25) is 0 Å². The fourth-order valence-electron chi connectivity index (χ4n) is 3.70. The predicted octanol–water partition coefficient (Wildman–Crippen LogP) is 4.40. The van der Waals surface area contributed by atoms with E-state index in [1.165, 1.54) is 6.07 Å². The molecule has 2 aromatic rings. The molecule has 2 heterocycles. The third kappa shape index (κ3) is 4.54. The molecule has 1 fully saturated rings. The number of piperidine rings is 1. The highest BCUT2D eigenvalue weighted by atomic mass is 32.1. The number of thiophene rings is 1. The topological polar surface area (TPSA) is 43.7 Å². The minimum Gasteiger partial charge on any atom is -0.387 e. The number of rotatable bonds is 4. The van der Waals surface area contributed by atoms with E-state index in [1.54, 1.807) is 17.4 Å². The first-order valence-electron chi connectivity index (χ1n) is 8.96. The lowest BCUT2D eigenvalue weighted by atomic mass is 9.83. The molecule has 1 aliphatic rings. The van der Waals surface area contributed by atoms with Crippen LogP contribution in [0, 0.1) is 13.8 Å². The third-order valence-corrected chi connectivity index (χ3v) is 6.26. The van der Waals surface area contributed by atoms with Crippen molar-refractivity contribution in [1.29, 1.82) is 0 Å². The number of nitrogens with zero attached hydrogens (tertiary/aromatic N) is 1. The number of alkyl halides is 3. The van der Waals surface area contributed by atoms with Crippen molar-refractivity contribution in [3.63, 3.8) is 0 Å². The van der Waals surface area contributed by atoms with E-state index in [2.05, 4.69) is 4.90 Å². The number of aliphatic hydroxyl groups excluding tert-OH is 1. The Labute approximate surface area is 161 Å². The Morgan fingerprint density at radius 1 is 1.19 bits per heavy atom. The summed E-state index contributed by atoms with van der Waals surface area (Å²) in [6.07, 6.45) is -4.35. The number of hydrogen-bond acceptors (Lipinski definition) is 4. The molecular weight excluding hydrogens is 375 g/mol. The molecule has 0 saturated carbocycles. The Morgan fingerprint density at radius 3 is 2.41 bits per heavy atom. The second-order valence-corrected chi connectivity index (χ2v) is 8.76. The third-order valence-electron chi connectivity index (χ3n) is 5.28.